The summed E-state index contributed by atoms with van der Waals surface area (Å²) in [6.07, 6.45) is 1.03. The van der Waals surface area contributed by atoms with Crippen molar-refractivity contribution in [3.63, 3.8) is 0 Å². The number of carbonyl (C=O) groups excluding carboxylic acids is 1. The van der Waals surface area contributed by atoms with Gasteiger partial charge in [0.25, 0.3) is 5.91 Å². The third kappa shape index (κ3) is 4.48. The lowest BCUT2D eigenvalue weighted by Crippen LogP contribution is -2.42. The first-order valence-electron chi connectivity index (χ1n) is 10.1. The van der Waals surface area contributed by atoms with Crippen LogP contribution >= 0.6 is 22.9 Å². The van der Waals surface area contributed by atoms with Gasteiger partial charge in [-0.2, -0.15) is 9.30 Å². The zero-order chi connectivity index (χ0) is 22.3. The maximum Gasteiger partial charge on any atom is 0.279 e. The number of thiazole rings is 1. The molecular formula is C22H24ClN3O3S2. The molecule has 2 aromatic carbocycles. The van der Waals surface area contributed by atoms with E-state index in [2.05, 4.69) is 18.8 Å². The lowest BCUT2D eigenvalue weighted by molar-refractivity contribution is 0.0998. The maximum atomic E-state index is 13.0. The average Bonchev–Trinajstić information content (AvgIpc) is 3.01. The molecule has 2 heterocycles. The Morgan fingerprint density at radius 3 is 2.39 bits per heavy atom. The minimum atomic E-state index is -3.58. The third-order valence-electron chi connectivity index (χ3n) is 5.54. The van der Waals surface area contributed by atoms with Crippen LogP contribution in [0.3, 0.4) is 0 Å². The Morgan fingerprint density at radius 2 is 1.74 bits per heavy atom. The molecule has 0 radical (unpaired) electrons. The molecule has 0 aliphatic carbocycles. The summed E-state index contributed by atoms with van der Waals surface area (Å²) in [5, 5.41) is 0.626. The molecule has 1 saturated heterocycles. The van der Waals surface area contributed by atoms with E-state index in [1.54, 1.807) is 10.4 Å². The highest BCUT2D eigenvalue weighted by Crippen LogP contribution is 2.27. The van der Waals surface area contributed by atoms with Gasteiger partial charge in [0.05, 0.1) is 15.1 Å². The number of piperidine rings is 1. The molecule has 2 unspecified atom stereocenters. The average molecular weight is 478 g/mol. The fourth-order valence-corrected chi connectivity index (χ4v) is 7.06. The number of fused-ring (bicyclic) bond motifs is 1. The first-order valence-corrected chi connectivity index (χ1v) is 12.7. The summed E-state index contributed by atoms with van der Waals surface area (Å²) in [6, 6.07) is 11.6. The van der Waals surface area contributed by atoms with Gasteiger partial charge in [-0.3, -0.25) is 4.79 Å². The van der Waals surface area contributed by atoms with Crippen LogP contribution in [0.1, 0.15) is 30.6 Å². The van der Waals surface area contributed by atoms with Crippen LogP contribution in [-0.2, 0) is 17.1 Å². The Kier molecular flexibility index (Phi) is 6.09. The first kappa shape index (κ1) is 22.2. The fraction of sp³-hybridized carbons (Fsp3) is 0.364. The van der Waals surface area contributed by atoms with Gasteiger partial charge in [-0.25, -0.2) is 8.42 Å². The normalized spacial score (nSPS) is 21.0. The molecule has 0 spiro atoms. The van der Waals surface area contributed by atoms with Crippen LogP contribution in [0.5, 0.6) is 0 Å². The molecule has 1 aliphatic rings. The first-order chi connectivity index (χ1) is 14.6. The van der Waals surface area contributed by atoms with E-state index in [1.807, 2.05) is 23.7 Å². The predicted octanol–water partition coefficient (Wildman–Crippen LogP) is 4.30. The zero-order valence-electron chi connectivity index (χ0n) is 17.6. The number of hydrogen-bond acceptors (Lipinski definition) is 4. The van der Waals surface area contributed by atoms with Crippen molar-refractivity contribution in [1.29, 1.82) is 0 Å². The number of hydrogen-bond donors (Lipinski definition) is 0. The van der Waals surface area contributed by atoms with Gasteiger partial charge in [0, 0.05) is 30.7 Å². The Bertz CT molecular complexity index is 1300. The number of benzene rings is 2. The van der Waals surface area contributed by atoms with Crippen LogP contribution in [0.15, 0.2) is 52.4 Å². The summed E-state index contributed by atoms with van der Waals surface area (Å²) in [5.41, 5.74) is 1.28. The van der Waals surface area contributed by atoms with Crippen molar-refractivity contribution in [2.24, 2.45) is 23.9 Å². The minimum Gasteiger partial charge on any atom is -0.319 e. The van der Waals surface area contributed by atoms with Gasteiger partial charge in [-0.15, -0.1) is 0 Å². The second-order valence-electron chi connectivity index (χ2n) is 8.27. The van der Waals surface area contributed by atoms with E-state index in [9.17, 15) is 13.2 Å². The van der Waals surface area contributed by atoms with E-state index in [1.165, 1.54) is 35.6 Å². The number of aryl methyl sites for hydroxylation is 1. The van der Waals surface area contributed by atoms with E-state index >= 15 is 0 Å². The highest BCUT2D eigenvalue weighted by Gasteiger charge is 2.31. The monoisotopic (exact) mass is 477 g/mol. The van der Waals surface area contributed by atoms with Crippen molar-refractivity contribution in [2.75, 3.05) is 13.1 Å². The number of aromatic nitrogens is 1. The molecule has 0 bridgehead atoms. The fourth-order valence-electron chi connectivity index (χ4n) is 4.09. The van der Waals surface area contributed by atoms with E-state index in [0.29, 0.717) is 40.3 Å². The molecule has 1 aliphatic heterocycles. The molecule has 164 valence electrons. The van der Waals surface area contributed by atoms with Crippen LogP contribution in [-0.4, -0.2) is 36.3 Å². The van der Waals surface area contributed by atoms with Crippen LogP contribution in [0.2, 0.25) is 5.02 Å². The van der Waals surface area contributed by atoms with Crippen LogP contribution < -0.4 is 4.80 Å². The van der Waals surface area contributed by atoms with Gasteiger partial charge >= 0.3 is 0 Å². The second kappa shape index (κ2) is 8.50. The summed E-state index contributed by atoms with van der Waals surface area (Å²) in [7, 11) is -1.74. The SMILES string of the molecule is CC1CC(C)CN(S(=O)(=O)c2ccc(C(=O)N=c3sc4cc(Cl)ccc4n3C)cc2)C1. The van der Waals surface area contributed by atoms with Gasteiger partial charge in [0.1, 0.15) is 0 Å². The van der Waals surface area contributed by atoms with E-state index in [-0.39, 0.29) is 4.90 Å². The molecule has 31 heavy (non-hydrogen) atoms. The molecule has 0 saturated carbocycles. The van der Waals surface area contributed by atoms with Crippen molar-refractivity contribution in [3.05, 3.63) is 57.9 Å². The third-order valence-corrected chi connectivity index (χ3v) is 8.72. The molecule has 1 fully saturated rings. The van der Waals surface area contributed by atoms with Crippen molar-refractivity contribution in [2.45, 2.75) is 25.2 Å². The Labute approximate surface area is 190 Å². The summed E-state index contributed by atoms with van der Waals surface area (Å²) in [4.78, 5) is 17.7. The van der Waals surface area contributed by atoms with Gasteiger partial charge in [0.2, 0.25) is 10.0 Å². The topological polar surface area (TPSA) is 71.7 Å². The Hall–Kier alpha value is -2.00. The molecule has 4 rings (SSSR count). The standard InChI is InChI=1S/C22H24ClN3O3S2/c1-14-10-15(2)13-26(12-14)31(28,29)18-7-4-16(5-8-18)21(27)24-22-25(3)19-9-6-17(23)11-20(19)30-22/h4-9,11,14-15H,10,12-13H2,1-3H3. The molecule has 1 amide bonds. The minimum absolute atomic E-state index is 0.201. The molecule has 0 N–H and O–H groups in total. The number of amides is 1. The largest absolute Gasteiger partial charge is 0.319 e. The lowest BCUT2D eigenvalue weighted by Gasteiger charge is -2.34. The van der Waals surface area contributed by atoms with Crippen LogP contribution in [0.4, 0.5) is 0 Å². The Morgan fingerprint density at radius 1 is 1.10 bits per heavy atom. The number of halogens is 1. The molecule has 1 aromatic heterocycles. The summed E-state index contributed by atoms with van der Waals surface area (Å²) < 4.78 is 30.4. The Balaban J connectivity index is 1.60. The van der Waals surface area contributed by atoms with Crippen LogP contribution in [0.25, 0.3) is 10.2 Å². The van der Waals surface area contributed by atoms with E-state index in [4.69, 9.17) is 11.6 Å². The molecule has 3 aromatic rings. The van der Waals surface area contributed by atoms with Crippen LogP contribution in [0, 0.1) is 11.8 Å². The molecule has 6 nitrogen and oxygen atoms in total. The molecule has 2 atom stereocenters. The van der Waals surface area contributed by atoms with Gasteiger partial charge in [-0.1, -0.05) is 36.8 Å². The number of carbonyl (C=O) groups is 1. The number of nitrogens with zero attached hydrogens (tertiary/aromatic N) is 3. The van der Waals surface area contributed by atoms with Gasteiger partial charge < -0.3 is 4.57 Å². The smallest absolute Gasteiger partial charge is 0.279 e. The second-order valence-corrected chi connectivity index (χ2v) is 11.6. The summed E-state index contributed by atoms with van der Waals surface area (Å²) >= 11 is 7.43. The van der Waals surface area contributed by atoms with E-state index in [0.717, 1.165) is 16.6 Å². The van der Waals surface area contributed by atoms with Crippen molar-refractivity contribution in [3.8, 4) is 0 Å². The number of sulfonamides is 1. The molecular weight excluding hydrogens is 454 g/mol. The predicted molar refractivity (Wildman–Crippen MR) is 124 cm³/mol. The highest BCUT2D eigenvalue weighted by atomic mass is 35.5. The van der Waals surface area contributed by atoms with E-state index < -0.39 is 15.9 Å². The quantitative estimate of drug-likeness (QED) is 0.564. The van der Waals surface area contributed by atoms with Crippen molar-refractivity contribution < 1.29 is 13.2 Å². The van der Waals surface area contributed by atoms with Gasteiger partial charge in [0.15, 0.2) is 4.80 Å². The summed E-state index contributed by atoms with van der Waals surface area (Å²) in [6.45, 7) is 5.19. The van der Waals surface area contributed by atoms with Gasteiger partial charge in [-0.05, 0) is 60.7 Å². The van der Waals surface area contributed by atoms with Crippen molar-refractivity contribution in [1.82, 2.24) is 8.87 Å². The maximum absolute atomic E-state index is 13.0. The molecule has 9 heteroatoms. The highest BCUT2D eigenvalue weighted by molar-refractivity contribution is 7.89. The lowest BCUT2D eigenvalue weighted by atomic mass is 9.94. The van der Waals surface area contributed by atoms with Crippen molar-refractivity contribution >= 4 is 49.1 Å². The number of rotatable bonds is 3. The zero-order valence-corrected chi connectivity index (χ0v) is 20.0. The summed E-state index contributed by atoms with van der Waals surface area (Å²) in [5.74, 6) is 0.239.